The Morgan fingerprint density at radius 1 is 1.32 bits per heavy atom. The van der Waals surface area contributed by atoms with Crippen LogP contribution in [0.1, 0.15) is 34.1 Å². The molecule has 1 aliphatic rings. The molecule has 22 heavy (non-hydrogen) atoms. The van der Waals surface area contributed by atoms with E-state index in [2.05, 4.69) is 12.2 Å². The molecule has 0 unspecified atom stereocenters. The number of halogens is 1. The van der Waals surface area contributed by atoms with Crippen molar-refractivity contribution in [1.82, 2.24) is 4.90 Å². The third kappa shape index (κ3) is 4.61. The standard InChI is InChI=1S/C17H25FN2O2/c1-12-11-20(16(21)22-17(2,3)4)10-9-15(12)19-14-7-5-13(18)6-8-14/h5-8,12,15,19H,9-11H2,1-4H3/t12-,15+/m1/s1. The predicted molar refractivity (Wildman–Crippen MR) is 85.4 cm³/mol. The van der Waals surface area contributed by atoms with Crippen molar-refractivity contribution in [3.05, 3.63) is 30.1 Å². The van der Waals surface area contributed by atoms with E-state index in [4.69, 9.17) is 4.74 Å². The maximum atomic E-state index is 12.9. The summed E-state index contributed by atoms with van der Waals surface area (Å²) in [5, 5.41) is 3.42. The molecular weight excluding hydrogens is 283 g/mol. The van der Waals surface area contributed by atoms with Gasteiger partial charge in [-0.1, -0.05) is 6.92 Å². The van der Waals surface area contributed by atoms with E-state index in [1.807, 2.05) is 20.8 Å². The van der Waals surface area contributed by atoms with E-state index in [1.165, 1.54) is 12.1 Å². The number of benzene rings is 1. The van der Waals surface area contributed by atoms with Crippen molar-refractivity contribution < 1.29 is 13.9 Å². The molecule has 0 aromatic heterocycles. The molecule has 1 aliphatic heterocycles. The molecule has 1 saturated heterocycles. The highest BCUT2D eigenvalue weighted by molar-refractivity contribution is 5.68. The van der Waals surface area contributed by atoms with Crippen molar-refractivity contribution in [3.8, 4) is 0 Å². The van der Waals surface area contributed by atoms with Gasteiger partial charge < -0.3 is 15.0 Å². The lowest BCUT2D eigenvalue weighted by Gasteiger charge is -2.38. The van der Waals surface area contributed by atoms with Crippen LogP contribution < -0.4 is 5.32 Å². The number of nitrogens with zero attached hydrogens (tertiary/aromatic N) is 1. The molecule has 1 heterocycles. The summed E-state index contributed by atoms with van der Waals surface area (Å²) < 4.78 is 18.3. The average molecular weight is 308 g/mol. The van der Waals surface area contributed by atoms with Gasteiger partial charge in [0.15, 0.2) is 0 Å². The first-order valence-electron chi connectivity index (χ1n) is 7.74. The van der Waals surface area contributed by atoms with Crippen LogP contribution in [-0.2, 0) is 4.74 Å². The number of hydrogen-bond donors (Lipinski definition) is 1. The van der Waals surface area contributed by atoms with Crippen molar-refractivity contribution in [2.45, 2.75) is 45.8 Å². The number of anilines is 1. The summed E-state index contributed by atoms with van der Waals surface area (Å²) in [6.45, 7) is 9.05. The minimum absolute atomic E-state index is 0.238. The van der Waals surface area contributed by atoms with Crippen LogP contribution in [-0.4, -0.2) is 35.7 Å². The van der Waals surface area contributed by atoms with Crippen LogP contribution in [0.5, 0.6) is 0 Å². The lowest BCUT2D eigenvalue weighted by atomic mass is 9.94. The number of ether oxygens (including phenoxy) is 1. The van der Waals surface area contributed by atoms with Crippen LogP contribution in [0.15, 0.2) is 24.3 Å². The number of rotatable bonds is 2. The number of hydrogen-bond acceptors (Lipinski definition) is 3. The maximum absolute atomic E-state index is 12.9. The van der Waals surface area contributed by atoms with E-state index in [9.17, 15) is 9.18 Å². The molecule has 0 saturated carbocycles. The summed E-state index contributed by atoms with van der Waals surface area (Å²) >= 11 is 0. The molecule has 2 atom stereocenters. The van der Waals surface area contributed by atoms with E-state index in [0.29, 0.717) is 19.0 Å². The van der Waals surface area contributed by atoms with Crippen molar-refractivity contribution in [1.29, 1.82) is 0 Å². The van der Waals surface area contributed by atoms with Gasteiger partial charge in [-0.25, -0.2) is 9.18 Å². The molecule has 1 N–H and O–H groups in total. The fourth-order valence-electron chi connectivity index (χ4n) is 2.61. The molecule has 1 aromatic rings. The quantitative estimate of drug-likeness (QED) is 0.901. The molecule has 0 spiro atoms. The lowest BCUT2D eigenvalue weighted by Crippen LogP contribution is -2.48. The predicted octanol–water partition coefficient (Wildman–Crippen LogP) is 3.88. The smallest absolute Gasteiger partial charge is 0.410 e. The third-order valence-corrected chi connectivity index (χ3v) is 3.75. The van der Waals surface area contributed by atoms with Gasteiger partial charge in [0.25, 0.3) is 0 Å². The fraction of sp³-hybridized carbons (Fsp3) is 0.588. The monoisotopic (exact) mass is 308 g/mol. The molecule has 0 bridgehead atoms. The highest BCUT2D eigenvalue weighted by Crippen LogP contribution is 2.23. The van der Waals surface area contributed by atoms with Gasteiger partial charge in [-0.15, -0.1) is 0 Å². The second-order valence-corrected chi connectivity index (χ2v) is 6.95. The van der Waals surface area contributed by atoms with Gasteiger partial charge in [0.05, 0.1) is 0 Å². The van der Waals surface area contributed by atoms with Gasteiger partial charge >= 0.3 is 6.09 Å². The average Bonchev–Trinajstić information content (AvgIpc) is 2.41. The Morgan fingerprint density at radius 2 is 1.95 bits per heavy atom. The van der Waals surface area contributed by atoms with Crippen LogP contribution in [0.3, 0.4) is 0 Å². The SMILES string of the molecule is C[C@@H]1CN(C(=O)OC(C)(C)C)CC[C@@H]1Nc1ccc(F)cc1. The zero-order chi connectivity index (χ0) is 16.3. The minimum atomic E-state index is -0.469. The Bertz CT molecular complexity index is 510. The molecule has 2 rings (SSSR count). The van der Waals surface area contributed by atoms with Crippen LogP contribution in [0.25, 0.3) is 0 Å². The largest absolute Gasteiger partial charge is 0.444 e. The second-order valence-electron chi connectivity index (χ2n) is 6.95. The Morgan fingerprint density at radius 3 is 2.50 bits per heavy atom. The van der Waals surface area contributed by atoms with Gasteiger partial charge in [-0.05, 0) is 57.4 Å². The number of amides is 1. The first kappa shape index (κ1) is 16.6. The summed E-state index contributed by atoms with van der Waals surface area (Å²) in [7, 11) is 0. The van der Waals surface area contributed by atoms with E-state index < -0.39 is 5.60 Å². The molecule has 1 fully saturated rings. The maximum Gasteiger partial charge on any atom is 0.410 e. The summed E-state index contributed by atoms with van der Waals surface area (Å²) in [4.78, 5) is 13.9. The Balaban J connectivity index is 1.90. The zero-order valence-electron chi connectivity index (χ0n) is 13.7. The third-order valence-electron chi connectivity index (χ3n) is 3.75. The molecule has 1 aromatic carbocycles. The van der Waals surface area contributed by atoms with Crippen LogP contribution >= 0.6 is 0 Å². The summed E-state index contributed by atoms with van der Waals surface area (Å²) in [6.07, 6.45) is 0.595. The number of carbonyl (C=O) groups is 1. The van der Waals surface area contributed by atoms with Crippen molar-refractivity contribution in [2.75, 3.05) is 18.4 Å². The normalized spacial score (nSPS) is 22.3. The molecule has 1 amide bonds. The number of piperidine rings is 1. The van der Waals surface area contributed by atoms with Gasteiger partial charge in [-0.2, -0.15) is 0 Å². The number of carbonyl (C=O) groups excluding carboxylic acids is 1. The van der Waals surface area contributed by atoms with Gasteiger partial charge in [-0.3, -0.25) is 0 Å². The fourth-order valence-corrected chi connectivity index (χ4v) is 2.61. The molecule has 4 nitrogen and oxygen atoms in total. The summed E-state index contributed by atoms with van der Waals surface area (Å²) in [6, 6.07) is 6.64. The van der Waals surface area contributed by atoms with Crippen LogP contribution in [0.2, 0.25) is 0 Å². The molecule has 5 heteroatoms. The minimum Gasteiger partial charge on any atom is -0.444 e. The van der Waals surface area contributed by atoms with E-state index in [1.54, 1.807) is 17.0 Å². The van der Waals surface area contributed by atoms with Gasteiger partial charge in [0.1, 0.15) is 11.4 Å². The van der Waals surface area contributed by atoms with Crippen molar-refractivity contribution >= 4 is 11.8 Å². The first-order chi connectivity index (χ1) is 10.2. The van der Waals surface area contributed by atoms with Crippen LogP contribution in [0, 0.1) is 11.7 Å². The summed E-state index contributed by atoms with van der Waals surface area (Å²) in [5.74, 6) is 0.0599. The molecule has 122 valence electrons. The van der Waals surface area contributed by atoms with Crippen LogP contribution in [0.4, 0.5) is 14.9 Å². The highest BCUT2D eigenvalue weighted by atomic mass is 19.1. The van der Waals surface area contributed by atoms with E-state index in [-0.39, 0.29) is 18.0 Å². The van der Waals surface area contributed by atoms with Gasteiger partial charge in [0.2, 0.25) is 0 Å². The number of likely N-dealkylation sites (tertiary alicyclic amines) is 1. The van der Waals surface area contributed by atoms with Crippen molar-refractivity contribution in [3.63, 3.8) is 0 Å². The Kier molecular flexibility index (Phi) is 4.94. The second kappa shape index (κ2) is 6.55. The topological polar surface area (TPSA) is 41.6 Å². The lowest BCUT2D eigenvalue weighted by molar-refractivity contribution is 0.0165. The number of nitrogens with one attached hydrogen (secondary N) is 1. The zero-order valence-corrected chi connectivity index (χ0v) is 13.7. The first-order valence-corrected chi connectivity index (χ1v) is 7.74. The molecular formula is C17H25FN2O2. The van der Waals surface area contributed by atoms with Crippen molar-refractivity contribution in [2.24, 2.45) is 5.92 Å². The Hall–Kier alpha value is -1.78. The van der Waals surface area contributed by atoms with E-state index in [0.717, 1.165) is 12.1 Å². The summed E-state index contributed by atoms with van der Waals surface area (Å²) in [5.41, 5.74) is 0.438. The highest BCUT2D eigenvalue weighted by Gasteiger charge is 2.31. The molecule has 0 aliphatic carbocycles. The van der Waals surface area contributed by atoms with Gasteiger partial charge in [0, 0.05) is 24.8 Å². The van der Waals surface area contributed by atoms with E-state index >= 15 is 0 Å². The Labute approximate surface area is 131 Å². The molecule has 0 radical (unpaired) electrons.